The van der Waals surface area contributed by atoms with Gasteiger partial charge >= 0.3 is 11.7 Å². The summed E-state index contributed by atoms with van der Waals surface area (Å²) < 4.78 is 16.0. The molecule has 0 aromatic carbocycles. The number of nitro groups is 1. The average Bonchev–Trinajstić information content (AvgIpc) is 3.44. The Hall–Kier alpha value is -3.72. The quantitative estimate of drug-likeness (QED) is 0.171. The third-order valence-electron chi connectivity index (χ3n) is 5.72. The van der Waals surface area contributed by atoms with Crippen LogP contribution < -0.4 is 15.5 Å². The van der Waals surface area contributed by atoms with Crippen molar-refractivity contribution in [3.63, 3.8) is 0 Å². The molecule has 0 spiro atoms. The van der Waals surface area contributed by atoms with Crippen molar-refractivity contribution >= 4 is 40.4 Å². The van der Waals surface area contributed by atoms with Crippen LogP contribution in [0.15, 0.2) is 30.0 Å². The summed E-state index contributed by atoms with van der Waals surface area (Å²) in [6.07, 6.45) is 3.59. The van der Waals surface area contributed by atoms with Crippen molar-refractivity contribution in [3.05, 3.63) is 51.4 Å². The fraction of sp³-hybridized carbons (Fsp3) is 0.391. The van der Waals surface area contributed by atoms with Crippen LogP contribution in [0, 0.1) is 10.1 Å². The molecule has 196 valence electrons. The summed E-state index contributed by atoms with van der Waals surface area (Å²) >= 11 is 1.47. The van der Waals surface area contributed by atoms with Crippen LogP contribution in [0.1, 0.15) is 24.0 Å². The van der Waals surface area contributed by atoms with E-state index in [1.807, 2.05) is 6.07 Å². The molecule has 4 heterocycles. The van der Waals surface area contributed by atoms with Crippen LogP contribution in [0.3, 0.4) is 0 Å². The topological polar surface area (TPSA) is 154 Å². The molecule has 2 N–H and O–H groups in total. The Labute approximate surface area is 217 Å². The van der Waals surface area contributed by atoms with E-state index in [-0.39, 0.29) is 17.2 Å². The number of thiazole rings is 1. The van der Waals surface area contributed by atoms with E-state index in [1.54, 1.807) is 11.7 Å². The number of rotatable bonds is 10. The van der Waals surface area contributed by atoms with Gasteiger partial charge in [0.15, 0.2) is 0 Å². The molecule has 37 heavy (non-hydrogen) atoms. The second-order valence-corrected chi connectivity index (χ2v) is 8.91. The summed E-state index contributed by atoms with van der Waals surface area (Å²) in [4.78, 5) is 39.7. The van der Waals surface area contributed by atoms with Crippen LogP contribution in [0.2, 0.25) is 0 Å². The summed E-state index contributed by atoms with van der Waals surface area (Å²) in [6.45, 7) is 1.14. The largest absolute Gasteiger partial charge is 0.383 e. The van der Waals surface area contributed by atoms with Gasteiger partial charge in [-0.05, 0) is 24.5 Å². The van der Waals surface area contributed by atoms with Gasteiger partial charge in [-0.2, -0.15) is 0 Å². The summed E-state index contributed by atoms with van der Waals surface area (Å²) in [5.41, 5.74) is 4.03. The highest BCUT2D eigenvalue weighted by Crippen LogP contribution is 2.37. The molecular formula is C23H27N7O6S. The van der Waals surface area contributed by atoms with E-state index in [1.165, 1.54) is 43.6 Å². The number of methoxy groups -OCH3 is 3. The summed E-state index contributed by atoms with van der Waals surface area (Å²) in [5, 5.41) is 17.1. The van der Waals surface area contributed by atoms with E-state index in [9.17, 15) is 14.9 Å². The number of carbonyl (C=O) groups is 1. The first-order chi connectivity index (χ1) is 18.0. The fourth-order valence-corrected chi connectivity index (χ4v) is 4.67. The standard InChI is InChI=1S/C23H27N7O6S/c1-34-8-6-25-16-10-19(26-11-17(16)30(32)33)27-23(31)29-7-4-5-14-9-15(18-12-24-13-37-18)20(28-21(14)29)22(35-2)36-3/h9-13,22H,4-8H2,1-3H3,(H2,25,26,27,31). The molecule has 2 amide bonds. The van der Waals surface area contributed by atoms with Crippen LogP contribution in [0.5, 0.6) is 0 Å². The van der Waals surface area contributed by atoms with Gasteiger partial charge in [-0.15, -0.1) is 11.3 Å². The van der Waals surface area contributed by atoms with Crippen LogP contribution in [-0.2, 0) is 20.6 Å². The fourth-order valence-electron chi connectivity index (χ4n) is 4.02. The van der Waals surface area contributed by atoms with Gasteiger partial charge in [0, 0.05) is 52.2 Å². The molecule has 13 nitrogen and oxygen atoms in total. The molecule has 1 aliphatic heterocycles. The molecular weight excluding hydrogens is 502 g/mol. The lowest BCUT2D eigenvalue weighted by Crippen LogP contribution is -2.40. The lowest BCUT2D eigenvalue weighted by molar-refractivity contribution is -0.384. The maximum atomic E-state index is 13.3. The normalized spacial score (nSPS) is 12.9. The minimum absolute atomic E-state index is 0.163. The number of anilines is 3. The predicted octanol–water partition coefficient (Wildman–Crippen LogP) is 3.84. The first-order valence-electron chi connectivity index (χ1n) is 11.4. The minimum atomic E-state index is -0.744. The number of hydrogen-bond acceptors (Lipinski definition) is 11. The van der Waals surface area contributed by atoms with Crippen LogP contribution in [-0.4, -0.2) is 66.9 Å². The van der Waals surface area contributed by atoms with E-state index < -0.39 is 17.2 Å². The van der Waals surface area contributed by atoms with E-state index in [4.69, 9.17) is 19.2 Å². The van der Waals surface area contributed by atoms with Crippen molar-refractivity contribution in [2.75, 3.05) is 56.6 Å². The monoisotopic (exact) mass is 529 g/mol. The third kappa shape index (κ3) is 5.83. The SMILES string of the molecule is COCCNc1cc(NC(=O)N2CCCc3cc(-c4cncs4)c(C(OC)OC)nc32)ncc1[N+](=O)[O-]. The average molecular weight is 530 g/mol. The number of nitrogens with one attached hydrogen (secondary N) is 2. The minimum Gasteiger partial charge on any atom is -0.383 e. The molecule has 0 saturated heterocycles. The highest BCUT2D eigenvalue weighted by molar-refractivity contribution is 7.13. The number of aromatic nitrogens is 3. The molecule has 1 aliphatic rings. The lowest BCUT2D eigenvalue weighted by atomic mass is 10.0. The van der Waals surface area contributed by atoms with Crippen LogP contribution in [0.25, 0.3) is 10.4 Å². The summed E-state index contributed by atoms with van der Waals surface area (Å²) in [6, 6.07) is 2.96. The molecule has 3 aromatic rings. The second-order valence-electron chi connectivity index (χ2n) is 8.02. The number of ether oxygens (including phenoxy) is 3. The zero-order chi connectivity index (χ0) is 26.4. The van der Waals surface area contributed by atoms with Crippen LogP contribution in [0.4, 0.5) is 27.8 Å². The Balaban J connectivity index is 1.65. The van der Waals surface area contributed by atoms with E-state index >= 15 is 0 Å². The number of urea groups is 1. The van der Waals surface area contributed by atoms with Gasteiger partial charge < -0.3 is 19.5 Å². The van der Waals surface area contributed by atoms with Crippen molar-refractivity contribution in [1.82, 2.24) is 15.0 Å². The maximum absolute atomic E-state index is 13.3. The number of pyridine rings is 2. The zero-order valence-corrected chi connectivity index (χ0v) is 21.4. The molecule has 0 bridgehead atoms. The molecule has 0 saturated carbocycles. The number of hydrogen-bond donors (Lipinski definition) is 2. The first-order valence-corrected chi connectivity index (χ1v) is 12.3. The van der Waals surface area contributed by atoms with Crippen LogP contribution >= 0.6 is 11.3 Å². The highest BCUT2D eigenvalue weighted by atomic mass is 32.1. The van der Waals surface area contributed by atoms with Crippen molar-refractivity contribution in [2.45, 2.75) is 19.1 Å². The Bertz CT molecular complexity index is 1250. The molecule has 3 aromatic heterocycles. The molecule has 0 radical (unpaired) electrons. The van der Waals surface area contributed by atoms with Crippen molar-refractivity contribution in [1.29, 1.82) is 0 Å². The number of nitrogens with zero attached hydrogens (tertiary/aromatic N) is 5. The molecule has 0 unspecified atom stereocenters. The molecule has 0 aliphatic carbocycles. The number of carbonyl (C=O) groups excluding carboxylic acids is 1. The van der Waals surface area contributed by atoms with Gasteiger partial charge in [0.25, 0.3) is 0 Å². The lowest BCUT2D eigenvalue weighted by Gasteiger charge is -2.30. The zero-order valence-electron chi connectivity index (χ0n) is 20.6. The van der Waals surface area contributed by atoms with Crippen molar-refractivity contribution in [3.8, 4) is 10.4 Å². The number of amides is 2. The van der Waals surface area contributed by atoms with Gasteiger partial charge in [-0.1, -0.05) is 0 Å². The summed E-state index contributed by atoms with van der Waals surface area (Å²) in [7, 11) is 4.58. The van der Waals surface area contributed by atoms with E-state index in [0.717, 1.165) is 35.0 Å². The van der Waals surface area contributed by atoms with Gasteiger partial charge in [0.2, 0.25) is 6.29 Å². The second kappa shape index (κ2) is 12.0. The molecule has 14 heteroatoms. The number of aryl methyl sites for hydroxylation is 1. The summed E-state index contributed by atoms with van der Waals surface area (Å²) in [5.74, 6) is 0.655. The van der Waals surface area contributed by atoms with E-state index in [0.29, 0.717) is 31.2 Å². The Morgan fingerprint density at radius 1 is 1.27 bits per heavy atom. The molecule has 0 fully saturated rings. The number of fused-ring (bicyclic) bond motifs is 1. The van der Waals surface area contributed by atoms with Gasteiger partial charge in [0.1, 0.15) is 29.2 Å². The highest BCUT2D eigenvalue weighted by Gasteiger charge is 2.29. The van der Waals surface area contributed by atoms with Crippen molar-refractivity contribution < 1.29 is 23.9 Å². The van der Waals surface area contributed by atoms with Crippen molar-refractivity contribution in [2.24, 2.45) is 0 Å². The van der Waals surface area contributed by atoms with Gasteiger partial charge in [-0.25, -0.2) is 14.8 Å². The first kappa shape index (κ1) is 26.3. The molecule has 4 rings (SSSR count). The molecule has 0 atom stereocenters. The smallest absolute Gasteiger partial charge is 0.328 e. The van der Waals surface area contributed by atoms with Gasteiger partial charge in [0.05, 0.1) is 21.9 Å². The Morgan fingerprint density at radius 3 is 2.76 bits per heavy atom. The maximum Gasteiger partial charge on any atom is 0.328 e. The third-order valence-corrected chi connectivity index (χ3v) is 6.53. The Kier molecular flexibility index (Phi) is 8.55. The van der Waals surface area contributed by atoms with E-state index in [2.05, 4.69) is 20.6 Å². The predicted molar refractivity (Wildman–Crippen MR) is 138 cm³/mol. The Morgan fingerprint density at radius 2 is 2.08 bits per heavy atom. The van der Waals surface area contributed by atoms with Gasteiger partial charge in [-0.3, -0.25) is 25.3 Å².